The molecule has 2 unspecified atom stereocenters. The van der Waals surface area contributed by atoms with Crippen LogP contribution in [0.25, 0.3) is 10.9 Å². The van der Waals surface area contributed by atoms with Crippen LogP contribution in [0.4, 0.5) is 4.79 Å². The number of benzene rings is 1. The summed E-state index contributed by atoms with van der Waals surface area (Å²) in [5, 5.41) is 11.9. The first-order chi connectivity index (χ1) is 10.8. The number of likely N-dealkylation sites (tertiary alicyclic amines) is 1. The highest BCUT2D eigenvalue weighted by atomic mass is 16.6. The number of H-pyrrole nitrogens is 1. The average molecular weight is 316 g/mol. The van der Waals surface area contributed by atoms with Gasteiger partial charge in [-0.25, -0.2) is 4.79 Å². The van der Waals surface area contributed by atoms with Crippen LogP contribution in [0.3, 0.4) is 0 Å². The van der Waals surface area contributed by atoms with E-state index in [2.05, 4.69) is 4.98 Å². The molecule has 0 saturated carbocycles. The number of hydrogen-bond donors (Lipinski definition) is 2. The fraction of sp³-hybridized carbons (Fsp3) is 0.500. The highest BCUT2D eigenvalue weighted by Crippen LogP contribution is 2.31. The number of fused-ring (bicyclic) bond motifs is 1. The van der Waals surface area contributed by atoms with Gasteiger partial charge in [0.15, 0.2) is 0 Å². The van der Waals surface area contributed by atoms with Crippen molar-refractivity contribution in [1.82, 2.24) is 9.88 Å². The van der Waals surface area contributed by atoms with E-state index in [1.807, 2.05) is 51.2 Å². The first kappa shape index (κ1) is 15.9. The fourth-order valence-corrected chi connectivity index (χ4v) is 3.14. The van der Waals surface area contributed by atoms with Crippen molar-refractivity contribution in [1.29, 1.82) is 0 Å². The fourth-order valence-electron chi connectivity index (χ4n) is 3.14. The molecule has 0 spiro atoms. The molecule has 1 amide bonds. The third-order valence-electron chi connectivity index (χ3n) is 4.21. The molecule has 23 heavy (non-hydrogen) atoms. The SMILES string of the molecule is CC(C)(C)OC(=O)N1CCCC1C(O)c1ccc2cc[nH]c2c1. The van der Waals surface area contributed by atoms with E-state index in [9.17, 15) is 9.90 Å². The maximum absolute atomic E-state index is 12.4. The van der Waals surface area contributed by atoms with Crippen molar-refractivity contribution in [2.75, 3.05) is 6.54 Å². The van der Waals surface area contributed by atoms with Crippen molar-refractivity contribution in [2.45, 2.75) is 51.4 Å². The summed E-state index contributed by atoms with van der Waals surface area (Å²) in [5.41, 5.74) is 1.28. The van der Waals surface area contributed by atoms with E-state index in [4.69, 9.17) is 4.74 Å². The lowest BCUT2D eigenvalue weighted by Gasteiger charge is -2.31. The van der Waals surface area contributed by atoms with Crippen molar-refractivity contribution in [3.63, 3.8) is 0 Å². The Morgan fingerprint density at radius 3 is 2.91 bits per heavy atom. The molecule has 1 aliphatic heterocycles. The van der Waals surface area contributed by atoms with E-state index in [0.717, 1.165) is 29.3 Å². The van der Waals surface area contributed by atoms with Crippen molar-refractivity contribution in [3.8, 4) is 0 Å². The molecule has 2 N–H and O–H groups in total. The Morgan fingerprint density at radius 2 is 2.17 bits per heavy atom. The predicted octanol–water partition coefficient (Wildman–Crippen LogP) is 3.60. The minimum absolute atomic E-state index is 0.239. The lowest BCUT2D eigenvalue weighted by Crippen LogP contribution is -2.42. The smallest absolute Gasteiger partial charge is 0.410 e. The lowest BCUT2D eigenvalue weighted by molar-refractivity contribution is 0.00492. The number of rotatable bonds is 2. The van der Waals surface area contributed by atoms with Gasteiger partial charge in [-0.15, -0.1) is 0 Å². The highest BCUT2D eigenvalue weighted by Gasteiger charge is 2.37. The minimum Gasteiger partial charge on any atom is -0.444 e. The van der Waals surface area contributed by atoms with Crippen molar-refractivity contribution >= 4 is 17.0 Å². The number of hydrogen-bond acceptors (Lipinski definition) is 3. The van der Waals surface area contributed by atoms with E-state index in [1.54, 1.807) is 4.90 Å². The van der Waals surface area contributed by atoms with E-state index in [-0.39, 0.29) is 12.1 Å². The van der Waals surface area contributed by atoms with Gasteiger partial charge in [-0.05, 0) is 56.7 Å². The van der Waals surface area contributed by atoms with Crippen LogP contribution in [-0.4, -0.2) is 39.3 Å². The highest BCUT2D eigenvalue weighted by molar-refractivity contribution is 5.80. The van der Waals surface area contributed by atoms with Crippen LogP contribution in [0.1, 0.15) is 45.3 Å². The minimum atomic E-state index is -0.710. The molecule has 1 aromatic carbocycles. The van der Waals surface area contributed by atoms with Crippen molar-refractivity contribution in [2.24, 2.45) is 0 Å². The number of aromatic nitrogens is 1. The average Bonchev–Trinajstić information content (AvgIpc) is 3.12. The Bertz CT molecular complexity index is 702. The van der Waals surface area contributed by atoms with E-state index >= 15 is 0 Å². The zero-order chi connectivity index (χ0) is 16.6. The molecule has 0 aliphatic carbocycles. The van der Waals surface area contributed by atoms with Gasteiger partial charge in [-0.1, -0.05) is 12.1 Å². The van der Waals surface area contributed by atoms with Gasteiger partial charge in [-0.2, -0.15) is 0 Å². The molecule has 124 valence electrons. The second-order valence-corrected chi connectivity index (χ2v) is 7.15. The number of carbonyl (C=O) groups excluding carboxylic acids is 1. The van der Waals surface area contributed by atoms with Crippen LogP contribution >= 0.6 is 0 Å². The van der Waals surface area contributed by atoms with E-state index in [1.165, 1.54) is 0 Å². The van der Waals surface area contributed by atoms with Gasteiger partial charge in [0.25, 0.3) is 0 Å². The van der Waals surface area contributed by atoms with Crippen LogP contribution in [-0.2, 0) is 4.74 Å². The summed E-state index contributed by atoms with van der Waals surface area (Å²) in [6.45, 7) is 6.18. The van der Waals surface area contributed by atoms with Crippen LogP contribution in [0.15, 0.2) is 30.5 Å². The Labute approximate surface area is 136 Å². The molecule has 1 fully saturated rings. The topological polar surface area (TPSA) is 65.6 Å². The second-order valence-electron chi connectivity index (χ2n) is 7.15. The summed E-state index contributed by atoms with van der Waals surface area (Å²) in [6.07, 6.45) is 2.48. The molecule has 0 bridgehead atoms. The molecule has 3 rings (SSSR count). The maximum Gasteiger partial charge on any atom is 0.410 e. The molecule has 1 saturated heterocycles. The summed E-state index contributed by atoms with van der Waals surface area (Å²) in [5.74, 6) is 0. The third kappa shape index (κ3) is 3.34. The van der Waals surface area contributed by atoms with Crippen molar-refractivity contribution in [3.05, 3.63) is 36.0 Å². The van der Waals surface area contributed by atoms with Crippen LogP contribution < -0.4 is 0 Å². The Kier molecular flexibility index (Phi) is 4.06. The zero-order valence-electron chi connectivity index (χ0n) is 13.9. The van der Waals surface area contributed by atoms with Gasteiger partial charge >= 0.3 is 6.09 Å². The number of aliphatic hydroxyl groups excluding tert-OH is 1. The molecule has 5 nitrogen and oxygen atoms in total. The normalized spacial score (nSPS) is 20.0. The lowest BCUT2D eigenvalue weighted by atomic mass is 9.99. The number of amides is 1. The quantitative estimate of drug-likeness (QED) is 0.889. The molecule has 2 aromatic rings. The monoisotopic (exact) mass is 316 g/mol. The second kappa shape index (κ2) is 5.89. The summed E-state index contributed by atoms with van der Waals surface area (Å²) >= 11 is 0. The Balaban J connectivity index is 1.79. The third-order valence-corrected chi connectivity index (χ3v) is 4.21. The zero-order valence-corrected chi connectivity index (χ0v) is 13.9. The van der Waals surface area contributed by atoms with Gasteiger partial charge in [0.1, 0.15) is 5.60 Å². The molecular weight excluding hydrogens is 292 g/mol. The largest absolute Gasteiger partial charge is 0.444 e. The molecule has 2 heterocycles. The first-order valence-electron chi connectivity index (χ1n) is 8.10. The first-order valence-corrected chi connectivity index (χ1v) is 8.10. The summed E-state index contributed by atoms with van der Waals surface area (Å²) < 4.78 is 5.47. The number of carbonyl (C=O) groups is 1. The summed E-state index contributed by atoms with van der Waals surface area (Å²) in [7, 11) is 0. The summed E-state index contributed by atoms with van der Waals surface area (Å²) in [4.78, 5) is 17.2. The van der Waals surface area contributed by atoms with Gasteiger partial charge in [0.2, 0.25) is 0 Å². The molecule has 1 aliphatic rings. The van der Waals surface area contributed by atoms with Gasteiger partial charge in [0.05, 0.1) is 12.1 Å². The van der Waals surface area contributed by atoms with E-state index in [0.29, 0.717) is 6.54 Å². The molecule has 0 radical (unpaired) electrons. The molecular formula is C18H24N2O3. The maximum atomic E-state index is 12.4. The molecule has 5 heteroatoms. The van der Waals surface area contributed by atoms with Crippen LogP contribution in [0.5, 0.6) is 0 Å². The Hall–Kier alpha value is -2.01. The van der Waals surface area contributed by atoms with Crippen LogP contribution in [0, 0.1) is 0 Å². The molecule has 1 aromatic heterocycles. The standard InChI is InChI=1S/C18H24N2O3/c1-18(2,3)23-17(22)20-10-4-5-15(20)16(21)13-7-6-12-8-9-19-14(12)11-13/h6-9,11,15-16,19,21H,4-5,10H2,1-3H3. The van der Waals surface area contributed by atoms with Crippen molar-refractivity contribution < 1.29 is 14.6 Å². The molecule has 2 atom stereocenters. The van der Waals surface area contributed by atoms with E-state index < -0.39 is 11.7 Å². The number of aliphatic hydroxyl groups is 1. The number of nitrogens with one attached hydrogen (secondary N) is 1. The predicted molar refractivity (Wildman–Crippen MR) is 89.2 cm³/mol. The number of aromatic amines is 1. The van der Waals surface area contributed by atoms with Crippen LogP contribution in [0.2, 0.25) is 0 Å². The van der Waals surface area contributed by atoms with Gasteiger partial charge in [0, 0.05) is 18.3 Å². The number of ether oxygens (including phenoxy) is 1. The number of nitrogens with zero attached hydrogens (tertiary/aromatic N) is 1. The summed E-state index contributed by atoms with van der Waals surface area (Å²) in [6, 6.07) is 7.61. The van der Waals surface area contributed by atoms with Gasteiger partial charge in [-0.3, -0.25) is 0 Å². The Morgan fingerprint density at radius 1 is 1.39 bits per heavy atom. The van der Waals surface area contributed by atoms with Gasteiger partial charge < -0.3 is 19.7 Å².